The third-order valence-electron chi connectivity index (χ3n) is 6.62. The summed E-state index contributed by atoms with van der Waals surface area (Å²) in [6.07, 6.45) is 3.34. The Morgan fingerprint density at radius 1 is 0.706 bits per heavy atom. The number of hydrogen-bond donors (Lipinski definition) is 4. The third kappa shape index (κ3) is 21.4. The van der Waals surface area contributed by atoms with E-state index in [4.69, 9.17) is 24.7 Å². The minimum atomic E-state index is -0.724. The average Bonchev–Trinajstić information content (AvgIpc) is 2.97. The summed E-state index contributed by atoms with van der Waals surface area (Å²) in [6, 6.07) is 2.97. The number of hydrogen-bond acceptors (Lipinski definition) is 11. The Balaban J connectivity index is 2.80. The van der Waals surface area contributed by atoms with Crippen molar-refractivity contribution in [1.82, 2.24) is 20.9 Å². The van der Waals surface area contributed by atoms with E-state index < -0.39 is 29.3 Å². The van der Waals surface area contributed by atoms with Crippen molar-refractivity contribution in [3.05, 3.63) is 23.3 Å². The molecule has 0 fully saturated rings. The van der Waals surface area contributed by atoms with Crippen LogP contribution in [-0.2, 0) is 9.47 Å². The minimum Gasteiger partial charge on any atom is -0.493 e. The molecule has 0 aromatic heterocycles. The lowest BCUT2D eigenvalue weighted by atomic mass is 10.1. The summed E-state index contributed by atoms with van der Waals surface area (Å²) in [4.78, 5) is 60.0. The molecule has 51 heavy (non-hydrogen) atoms. The van der Waals surface area contributed by atoms with Crippen LogP contribution in [0, 0.1) is 0 Å². The van der Waals surface area contributed by atoms with Crippen LogP contribution in [0.4, 0.5) is 9.59 Å². The number of nitrogens with two attached hydrogens (primary N) is 1. The van der Waals surface area contributed by atoms with Crippen molar-refractivity contribution in [2.24, 2.45) is 15.7 Å². The molecule has 0 bridgehead atoms. The molecule has 0 saturated carbocycles. The Morgan fingerprint density at radius 3 is 1.57 bits per heavy atom. The second-order valence-electron chi connectivity index (χ2n) is 14.3. The van der Waals surface area contributed by atoms with Crippen LogP contribution in [0.5, 0.6) is 11.5 Å². The fraction of sp³-hybridized carbons (Fsp3) is 0.667. The van der Waals surface area contributed by atoms with E-state index >= 15 is 0 Å². The Kier molecular flexibility index (Phi) is 19.6. The first-order chi connectivity index (χ1) is 23.8. The smallest absolute Gasteiger partial charge is 0.413 e. The van der Waals surface area contributed by atoms with Crippen LogP contribution in [0.15, 0.2) is 22.1 Å². The summed E-state index contributed by atoms with van der Waals surface area (Å²) in [5, 5.41) is 8.09. The quantitative estimate of drug-likeness (QED) is 0.0859. The van der Waals surface area contributed by atoms with Crippen LogP contribution in [-0.4, -0.2) is 105 Å². The Morgan fingerprint density at radius 2 is 1.16 bits per heavy atom. The Bertz CT molecular complexity index is 1350. The van der Waals surface area contributed by atoms with Crippen LogP contribution in [0.2, 0.25) is 0 Å². The topological polar surface area (TPSA) is 195 Å². The molecule has 288 valence electrons. The maximum atomic E-state index is 13.2. The Hall–Kier alpha value is -4.40. The fourth-order valence-electron chi connectivity index (χ4n) is 4.28. The molecule has 1 aromatic rings. The van der Waals surface area contributed by atoms with E-state index in [1.165, 1.54) is 6.07 Å². The van der Waals surface area contributed by atoms with E-state index in [2.05, 4.69) is 25.9 Å². The standard InChI is InChI=1S/C36H61N7O8/c1-25(41-33(46)50-35(3,4)5)38-17-13-11-15-21-48-29-24-30(28(23-27(29)31(37)44)32(45)40-19-20-43(9)10)49-22-16-12-14-18-39-26(2)42-34(47)51-36(6,7)8/h23-24H,11-22H2,1-10H3,(H2,37,44)(H,40,45)(H,38,41,46)(H,39,42,47). The summed E-state index contributed by atoms with van der Waals surface area (Å²) in [5.41, 5.74) is 4.78. The average molecular weight is 720 g/mol. The largest absolute Gasteiger partial charge is 0.493 e. The van der Waals surface area contributed by atoms with Crippen molar-refractivity contribution >= 4 is 35.7 Å². The van der Waals surface area contributed by atoms with E-state index in [0.29, 0.717) is 63.9 Å². The molecule has 15 heteroatoms. The molecule has 5 N–H and O–H groups in total. The normalized spacial score (nSPS) is 12.3. The third-order valence-corrected chi connectivity index (χ3v) is 6.62. The molecule has 0 aliphatic carbocycles. The molecule has 0 heterocycles. The number of nitrogens with one attached hydrogen (secondary N) is 3. The number of likely N-dealkylation sites (N-methyl/N-ethyl adjacent to an activating group) is 1. The number of primary amides is 1. The van der Waals surface area contributed by atoms with E-state index in [1.54, 1.807) is 61.5 Å². The molecule has 1 aromatic carbocycles. The highest BCUT2D eigenvalue weighted by molar-refractivity contribution is 6.02. The summed E-state index contributed by atoms with van der Waals surface area (Å²) >= 11 is 0. The van der Waals surface area contributed by atoms with E-state index in [9.17, 15) is 19.2 Å². The number of carbonyl (C=O) groups excluding carboxylic acids is 4. The predicted octanol–water partition coefficient (Wildman–Crippen LogP) is 5.06. The van der Waals surface area contributed by atoms with Gasteiger partial charge in [0.25, 0.3) is 11.8 Å². The van der Waals surface area contributed by atoms with Gasteiger partial charge in [0.1, 0.15) is 34.4 Å². The Labute approximate surface area is 303 Å². The molecule has 0 spiro atoms. The molecule has 4 amide bonds. The van der Waals surface area contributed by atoms with Gasteiger partial charge in [0.05, 0.1) is 24.3 Å². The van der Waals surface area contributed by atoms with Crippen molar-refractivity contribution in [1.29, 1.82) is 0 Å². The number of rotatable bonds is 19. The van der Waals surface area contributed by atoms with Gasteiger partial charge in [0.2, 0.25) is 0 Å². The monoisotopic (exact) mass is 719 g/mol. The number of unbranched alkanes of at least 4 members (excludes halogenated alkanes) is 4. The number of amides is 4. The highest BCUT2D eigenvalue weighted by Crippen LogP contribution is 2.30. The lowest BCUT2D eigenvalue weighted by Gasteiger charge is -2.19. The first-order valence-corrected chi connectivity index (χ1v) is 17.5. The summed E-state index contributed by atoms with van der Waals surface area (Å²) in [6.45, 7) is 16.8. The van der Waals surface area contributed by atoms with E-state index in [-0.39, 0.29) is 28.5 Å². The first kappa shape index (κ1) is 44.6. The van der Waals surface area contributed by atoms with Gasteiger partial charge in [-0.15, -0.1) is 0 Å². The van der Waals surface area contributed by atoms with Gasteiger partial charge in [-0.2, -0.15) is 0 Å². The van der Waals surface area contributed by atoms with Crippen LogP contribution in [0.3, 0.4) is 0 Å². The van der Waals surface area contributed by atoms with Crippen molar-refractivity contribution in [2.45, 2.75) is 105 Å². The van der Waals surface area contributed by atoms with E-state index in [0.717, 1.165) is 25.7 Å². The summed E-state index contributed by atoms with van der Waals surface area (Å²) in [7, 11) is 3.81. The SMILES string of the molecule is CC(=NCCCCCOc1cc(OCCCCCN=C(C)NC(=O)OC(C)(C)C)c(C(=O)NCCN(C)C)cc1C(N)=O)NC(=O)OC(C)(C)C. The zero-order valence-corrected chi connectivity index (χ0v) is 32.3. The number of ether oxygens (including phenoxy) is 4. The van der Waals surface area contributed by atoms with Gasteiger partial charge in [0.15, 0.2) is 0 Å². The molecular formula is C36H61N7O8. The number of aliphatic imine (C=N–C) groups is 2. The van der Waals surface area contributed by atoms with Crippen molar-refractivity contribution < 1.29 is 38.1 Å². The number of nitrogens with zero attached hydrogens (tertiary/aromatic N) is 3. The molecule has 0 radical (unpaired) electrons. The van der Waals surface area contributed by atoms with Crippen molar-refractivity contribution in [3.8, 4) is 11.5 Å². The predicted molar refractivity (Wildman–Crippen MR) is 199 cm³/mol. The first-order valence-electron chi connectivity index (χ1n) is 17.5. The molecule has 0 aliphatic rings. The van der Waals surface area contributed by atoms with Gasteiger partial charge in [-0.3, -0.25) is 30.2 Å². The van der Waals surface area contributed by atoms with Gasteiger partial charge in [0, 0.05) is 32.2 Å². The maximum absolute atomic E-state index is 13.2. The van der Waals surface area contributed by atoms with Gasteiger partial charge < -0.3 is 34.9 Å². The lowest BCUT2D eigenvalue weighted by Crippen LogP contribution is -2.35. The maximum Gasteiger partial charge on any atom is 0.413 e. The van der Waals surface area contributed by atoms with Crippen LogP contribution in [0.1, 0.15) is 115 Å². The highest BCUT2D eigenvalue weighted by atomic mass is 16.6. The second-order valence-corrected chi connectivity index (χ2v) is 14.3. The lowest BCUT2D eigenvalue weighted by molar-refractivity contribution is 0.0550. The molecule has 0 atom stereocenters. The fourth-order valence-corrected chi connectivity index (χ4v) is 4.28. The molecule has 15 nitrogen and oxygen atoms in total. The molecular weight excluding hydrogens is 658 g/mol. The van der Waals surface area contributed by atoms with Gasteiger partial charge in [-0.25, -0.2) is 9.59 Å². The van der Waals surface area contributed by atoms with Crippen LogP contribution < -0.4 is 31.2 Å². The number of alkyl carbamates (subject to hydrolysis) is 2. The van der Waals surface area contributed by atoms with Gasteiger partial charge >= 0.3 is 12.2 Å². The molecule has 1 rings (SSSR count). The molecule has 0 aliphatic heterocycles. The number of benzene rings is 1. The summed E-state index contributed by atoms with van der Waals surface area (Å²) in [5.74, 6) is 0.360. The highest BCUT2D eigenvalue weighted by Gasteiger charge is 2.21. The zero-order valence-electron chi connectivity index (χ0n) is 32.3. The van der Waals surface area contributed by atoms with Crippen LogP contribution >= 0.6 is 0 Å². The van der Waals surface area contributed by atoms with Crippen LogP contribution in [0.25, 0.3) is 0 Å². The van der Waals surface area contributed by atoms with Gasteiger partial charge in [-0.1, -0.05) is 0 Å². The molecule has 0 unspecified atom stereocenters. The number of carbonyl (C=O) groups is 4. The number of amidine groups is 2. The van der Waals surface area contributed by atoms with E-state index in [1.807, 2.05) is 19.0 Å². The summed E-state index contributed by atoms with van der Waals surface area (Å²) < 4.78 is 22.5. The van der Waals surface area contributed by atoms with Crippen molar-refractivity contribution in [2.75, 3.05) is 53.5 Å². The zero-order chi connectivity index (χ0) is 38.6. The van der Waals surface area contributed by atoms with Gasteiger partial charge in [-0.05, 0) is 114 Å². The van der Waals surface area contributed by atoms with Crippen molar-refractivity contribution in [3.63, 3.8) is 0 Å². The second kappa shape index (κ2) is 22.4. The minimum absolute atomic E-state index is 0.0850. The molecule has 0 saturated heterocycles.